The highest BCUT2D eigenvalue weighted by molar-refractivity contribution is 8.24. The fourth-order valence-electron chi connectivity index (χ4n) is 4.19. The van der Waals surface area contributed by atoms with Crippen LogP contribution in [0.4, 0.5) is 0 Å². The van der Waals surface area contributed by atoms with Crippen LogP contribution >= 0.6 is 10.6 Å². The first kappa shape index (κ1) is 20.2. The number of benzene rings is 2. The molecule has 2 aliphatic rings. The maximum Gasteiger partial charge on any atom is 0.247 e. The predicted molar refractivity (Wildman–Crippen MR) is 119 cm³/mol. The Bertz CT molecular complexity index is 898. The lowest BCUT2D eigenvalue weighted by Gasteiger charge is -2.31. The highest BCUT2D eigenvalue weighted by atomic mass is 32.3. The smallest absolute Gasteiger partial charge is 0.247 e. The molecule has 0 aliphatic carbocycles. The lowest BCUT2D eigenvalue weighted by Crippen LogP contribution is -2.39. The largest absolute Gasteiger partial charge is 0.330 e. The predicted octanol–water partition coefficient (Wildman–Crippen LogP) is 3.90. The second-order valence-corrected chi connectivity index (χ2v) is 10.2. The molecular weight excluding hydrogens is 384 g/mol. The summed E-state index contributed by atoms with van der Waals surface area (Å²) in [7, 11) is -2.57. The SMILES string of the molecule is O=C(/C=C/c1cccc2c1CCNC2)N(Cc1ccccc1)C1CCS(O)(O)C1. The van der Waals surface area contributed by atoms with E-state index in [9.17, 15) is 13.9 Å². The number of nitrogens with zero attached hydrogens (tertiary/aromatic N) is 1. The number of amides is 1. The van der Waals surface area contributed by atoms with Crippen LogP contribution in [0.25, 0.3) is 6.08 Å². The standard InChI is InChI=1S/C23H28N2O3S/c26-23(10-9-19-7-4-8-20-15-24-13-11-22(19)20)25(16-18-5-2-1-3-6-18)21-12-14-29(27,28)17-21/h1-10,21,24,27-28H,11-17H2/b10-9+. The van der Waals surface area contributed by atoms with Crippen LogP contribution in [-0.2, 0) is 24.3 Å². The van der Waals surface area contributed by atoms with Gasteiger partial charge < -0.3 is 10.2 Å². The molecule has 154 valence electrons. The Morgan fingerprint density at radius 1 is 1.17 bits per heavy atom. The Labute approximate surface area is 173 Å². The van der Waals surface area contributed by atoms with Crippen LogP contribution in [0.15, 0.2) is 54.6 Å². The lowest BCUT2D eigenvalue weighted by molar-refractivity contribution is -0.128. The highest BCUT2D eigenvalue weighted by Crippen LogP contribution is 2.47. The first-order chi connectivity index (χ1) is 14.0. The van der Waals surface area contributed by atoms with Crippen molar-refractivity contribution in [1.29, 1.82) is 0 Å². The Morgan fingerprint density at radius 2 is 2.00 bits per heavy atom. The molecule has 0 radical (unpaired) electrons. The van der Waals surface area contributed by atoms with Crippen molar-refractivity contribution < 1.29 is 13.9 Å². The van der Waals surface area contributed by atoms with Crippen LogP contribution in [0, 0.1) is 0 Å². The summed E-state index contributed by atoms with van der Waals surface area (Å²) in [6, 6.07) is 15.9. The Kier molecular flexibility index (Phi) is 6.06. The number of hydrogen-bond donors (Lipinski definition) is 3. The second-order valence-electron chi connectivity index (χ2n) is 7.81. The van der Waals surface area contributed by atoms with Gasteiger partial charge in [-0.2, -0.15) is 10.6 Å². The number of carbonyl (C=O) groups excluding carboxylic acids is 1. The molecule has 0 bridgehead atoms. The molecule has 2 aromatic rings. The molecule has 1 fully saturated rings. The van der Waals surface area contributed by atoms with Crippen molar-refractivity contribution in [3.05, 3.63) is 76.9 Å². The van der Waals surface area contributed by atoms with Gasteiger partial charge in [0.25, 0.3) is 0 Å². The summed E-state index contributed by atoms with van der Waals surface area (Å²) in [5, 5.41) is 3.38. The molecule has 2 aromatic carbocycles. The third-order valence-corrected chi connectivity index (χ3v) is 7.55. The van der Waals surface area contributed by atoms with Crippen LogP contribution in [0.2, 0.25) is 0 Å². The third kappa shape index (κ3) is 4.90. The van der Waals surface area contributed by atoms with Crippen LogP contribution < -0.4 is 5.32 Å². The first-order valence-electron chi connectivity index (χ1n) is 10.1. The molecule has 0 saturated carbocycles. The van der Waals surface area contributed by atoms with Gasteiger partial charge in [-0.3, -0.25) is 13.9 Å². The fourth-order valence-corrected chi connectivity index (χ4v) is 5.97. The zero-order chi connectivity index (χ0) is 20.3. The number of fused-ring (bicyclic) bond motifs is 1. The van der Waals surface area contributed by atoms with Gasteiger partial charge in [0.05, 0.1) is 11.8 Å². The maximum absolute atomic E-state index is 13.2. The molecule has 0 aromatic heterocycles. The Hall–Kier alpha value is -2.12. The minimum absolute atomic E-state index is 0.0810. The minimum Gasteiger partial charge on any atom is -0.330 e. The number of nitrogens with one attached hydrogen (secondary N) is 1. The molecule has 1 saturated heterocycles. The highest BCUT2D eigenvalue weighted by Gasteiger charge is 2.34. The summed E-state index contributed by atoms with van der Waals surface area (Å²) in [4.78, 5) is 15.0. The minimum atomic E-state index is -2.57. The Balaban J connectivity index is 1.56. The monoisotopic (exact) mass is 412 g/mol. The summed E-state index contributed by atoms with van der Waals surface area (Å²) in [5.74, 6) is 0.563. The van der Waals surface area contributed by atoms with Gasteiger partial charge in [0.1, 0.15) is 0 Å². The molecule has 5 nitrogen and oxygen atoms in total. The third-order valence-electron chi connectivity index (χ3n) is 5.74. The zero-order valence-corrected chi connectivity index (χ0v) is 17.3. The van der Waals surface area contributed by atoms with Gasteiger partial charge in [-0.1, -0.05) is 48.5 Å². The van der Waals surface area contributed by atoms with Crippen molar-refractivity contribution in [2.75, 3.05) is 18.1 Å². The molecule has 2 heterocycles. The lowest BCUT2D eigenvalue weighted by atomic mass is 9.95. The molecule has 1 unspecified atom stereocenters. The van der Waals surface area contributed by atoms with Crippen molar-refractivity contribution in [1.82, 2.24) is 10.2 Å². The van der Waals surface area contributed by atoms with Gasteiger partial charge >= 0.3 is 0 Å². The maximum atomic E-state index is 13.2. The molecular formula is C23H28N2O3S. The van der Waals surface area contributed by atoms with E-state index in [1.54, 1.807) is 11.0 Å². The number of rotatable bonds is 5. The van der Waals surface area contributed by atoms with Gasteiger partial charge in [0.15, 0.2) is 0 Å². The molecule has 6 heteroatoms. The normalized spacial score (nSPS) is 21.7. The van der Waals surface area contributed by atoms with E-state index in [0.717, 1.165) is 30.6 Å². The summed E-state index contributed by atoms with van der Waals surface area (Å²) >= 11 is 0. The van der Waals surface area contributed by atoms with Crippen LogP contribution in [0.3, 0.4) is 0 Å². The molecule has 0 spiro atoms. The fraction of sp³-hybridized carbons (Fsp3) is 0.348. The van der Waals surface area contributed by atoms with E-state index < -0.39 is 10.6 Å². The summed E-state index contributed by atoms with van der Waals surface area (Å²) in [5.41, 5.74) is 4.73. The first-order valence-corrected chi connectivity index (χ1v) is 12.0. The summed E-state index contributed by atoms with van der Waals surface area (Å²) < 4.78 is 20.2. The molecule has 4 rings (SSSR count). The number of carbonyl (C=O) groups is 1. The van der Waals surface area contributed by atoms with Gasteiger partial charge in [-0.05, 0) is 47.7 Å². The summed E-state index contributed by atoms with van der Waals surface area (Å²) in [6.07, 6.45) is 5.14. The topological polar surface area (TPSA) is 72.8 Å². The van der Waals surface area contributed by atoms with E-state index in [1.807, 2.05) is 42.5 Å². The van der Waals surface area contributed by atoms with E-state index in [0.29, 0.717) is 18.7 Å². The summed E-state index contributed by atoms with van der Waals surface area (Å²) in [6.45, 7) is 2.29. The van der Waals surface area contributed by atoms with E-state index in [-0.39, 0.29) is 17.7 Å². The molecule has 1 amide bonds. The van der Waals surface area contributed by atoms with E-state index >= 15 is 0 Å². The van der Waals surface area contributed by atoms with Crippen molar-refractivity contribution in [2.45, 2.75) is 32.0 Å². The van der Waals surface area contributed by atoms with Crippen LogP contribution in [0.5, 0.6) is 0 Å². The van der Waals surface area contributed by atoms with E-state index in [4.69, 9.17) is 0 Å². The quantitative estimate of drug-likeness (QED) is 0.652. The van der Waals surface area contributed by atoms with Gasteiger partial charge in [0, 0.05) is 24.9 Å². The van der Waals surface area contributed by atoms with Gasteiger partial charge in [0.2, 0.25) is 5.91 Å². The molecule has 29 heavy (non-hydrogen) atoms. The average molecular weight is 413 g/mol. The second kappa shape index (κ2) is 8.71. The van der Waals surface area contributed by atoms with Gasteiger partial charge in [-0.15, -0.1) is 0 Å². The van der Waals surface area contributed by atoms with Crippen molar-refractivity contribution in [2.24, 2.45) is 0 Å². The van der Waals surface area contributed by atoms with Crippen molar-refractivity contribution >= 4 is 22.6 Å². The van der Waals surface area contributed by atoms with Gasteiger partial charge in [-0.25, -0.2) is 0 Å². The molecule has 1 atom stereocenters. The van der Waals surface area contributed by atoms with Crippen LogP contribution in [0.1, 0.15) is 28.7 Å². The Morgan fingerprint density at radius 3 is 2.76 bits per heavy atom. The van der Waals surface area contributed by atoms with Crippen LogP contribution in [-0.4, -0.2) is 44.0 Å². The van der Waals surface area contributed by atoms with E-state index in [2.05, 4.69) is 17.4 Å². The average Bonchev–Trinajstić information content (AvgIpc) is 3.10. The van der Waals surface area contributed by atoms with Crippen molar-refractivity contribution in [3.8, 4) is 0 Å². The molecule has 3 N–H and O–H groups in total. The zero-order valence-electron chi connectivity index (χ0n) is 16.5. The van der Waals surface area contributed by atoms with Crippen molar-refractivity contribution in [3.63, 3.8) is 0 Å². The molecule has 2 aliphatic heterocycles. The van der Waals surface area contributed by atoms with E-state index in [1.165, 1.54) is 11.1 Å². The number of hydrogen-bond acceptors (Lipinski definition) is 4.